The fourth-order valence-corrected chi connectivity index (χ4v) is 2.62. The average Bonchev–Trinajstić information content (AvgIpc) is 2.78. The van der Waals surface area contributed by atoms with E-state index in [1.54, 1.807) is 11.3 Å². The van der Waals surface area contributed by atoms with Gasteiger partial charge in [0.1, 0.15) is 10.8 Å². The van der Waals surface area contributed by atoms with Crippen LogP contribution in [0.5, 0.6) is 0 Å². The molecule has 1 N–H and O–H groups in total. The van der Waals surface area contributed by atoms with Crippen molar-refractivity contribution in [1.29, 1.82) is 0 Å². The Morgan fingerprint density at radius 3 is 2.61 bits per heavy atom. The first-order chi connectivity index (χ1) is 8.69. The molecule has 1 atom stereocenters. The van der Waals surface area contributed by atoms with Gasteiger partial charge in [0.15, 0.2) is 0 Å². The molecule has 1 unspecified atom stereocenters. The van der Waals surface area contributed by atoms with E-state index in [-0.39, 0.29) is 11.9 Å². The van der Waals surface area contributed by atoms with Crippen molar-refractivity contribution in [2.45, 2.75) is 32.9 Å². The predicted octanol–water partition coefficient (Wildman–Crippen LogP) is 3.83. The number of nitrogens with one attached hydrogen (secondary N) is 1. The Hall–Kier alpha value is -1.26. The van der Waals surface area contributed by atoms with Gasteiger partial charge in [0.2, 0.25) is 0 Å². The van der Waals surface area contributed by atoms with Crippen LogP contribution in [-0.2, 0) is 6.54 Å². The summed E-state index contributed by atoms with van der Waals surface area (Å²) in [6, 6.07) is 6.93. The Bertz CT molecular complexity index is 493. The maximum absolute atomic E-state index is 12.9. The van der Waals surface area contributed by atoms with Gasteiger partial charge in [-0.1, -0.05) is 19.1 Å². The zero-order valence-electron chi connectivity index (χ0n) is 10.6. The largest absolute Gasteiger partial charge is 0.304 e. The normalized spacial score (nSPS) is 12.6. The lowest BCUT2D eigenvalue weighted by Gasteiger charge is -2.16. The number of aromatic nitrogens is 1. The van der Waals surface area contributed by atoms with Crippen molar-refractivity contribution < 1.29 is 4.39 Å². The van der Waals surface area contributed by atoms with Gasteiger partial charge in [-0.2, -0.15) is 0 Å². The molecule has 0 aliphatic carbocycles. The van der Waals surface area contributed by atoms with E-state index in [4.69, 9.17) is 0 Å². The first kappa shape index (κ1) is 13.2. The average molecular weight is 264 g/mol. The third-order valence-corrected chi connectivity index (χ3v) is 3.76. The second-order valence-corrected chi connectivity index (χ2v) is 5.58. The summed E-state index contributed by atoms with van der Waals surface area (Å²) >= 11 is 1.70. The molecule has 1 aromatic heterocycles. The zero-order chi connectivity index (χ0) is 13.0. The number of thiazole rings is 1. The standard InChI is InChI=1S/C14H17FN2S/c1-3-13(11-4-6-12(15)7-5-11)16-9-14-17-8-10(2)18-14/h4-8,13,16H,3,9H2,1-2H3. The lowest BCUT2D eigenvalue weighted by molar-refractivity contribution is 0.516. The van der Waals surface area contributed by atoms with Crippen molar-refractivity contribution in [2.75, 3.05) is 0 Å². The summed E-state index contributed by atoms with van der Waals surface area (Å²) in [5.74, 6) is -0.191. The Kier molecular flexibility index (Phi) is 4.44. The Labute approximate surface area is 111 Å². The number of aryl methyl sites for hydroxylation is 1. The van der Waals surface area contributed by atoms with Crippen LogP contribution < -0.4 is 5.32 Å². The Morgan fingerprint density at radius 1 is 1.33 bits per heavy atom. The van der Waals surface area contributed by atoms with E-state index < -0.39 is 0 Å². The molecular formula is C14H17FN2S. The van der Waals surface area contributed by atoms with Gasteiger partial charge in [-0.3, -0.25) is 0 Å². The summed E-state index contributed by atoms with van der Waals surface area (Å²) in [5, 5.41) is 4.55. The molecule has 4 heteroatoms. The topological polar surface area (TPSA) is 24.9 Å². The number of nitrogens with zero attached hydrogens (tertiary/aromatic N) is 1. The molecule has 18 heavy (non-hydrogen) atoms. The van der Waals surface area contributed by atoms with Crippen LogP contribution in [0.2, 0.25) is 0 Å². The lowest BCUT2D eigenvalue weighted by Crippen LogP contribution is -2.20. The second kappa shape index (κ2) is 6.07. The Balaban J connectivity index is 1.99. The van der Waals surface area contributed by atoms with Crippen molar-refractivity contribution in [3.63, 3.8) is 0 Å². The highest BCUT2D eigenvalue weighted by Gasteiger charge is 2.09. The molecule has 0 saturated carbocycles. The lowest BCUT2D eigenvalue weighted by atomic mass is 10.0. The number of hydrogen-bond acceptors (Lipinski definition) is 3. The van der Waals surface area contributed by atoms with Crippen LogP contribution in [-0.4, -0.2) is 4.98 Å². The van der Waals surface area contributed by atoms with Gasteiger partial charge in [-0.05, 0) is 31.0 Å². The third-order valence-electron chi connectivity index (χ3n) is 2.85. The molecule has 2 aromatic rings. The van der Waals surface area contributed by atoms with Crippen LogP contribution in [0.25, 0.3) is 0 Å². The number of rotatable bonds is 5. The summed E-state index contributed by atoms with van der Waals surface area (Å²) in [6.07, 6.45) is 2.86. The molecule has 96 valence electrons. The highest BCUT2D eigenvalue weighted by atomic mass is 32.1. The highest BCUT2D eigenvalue weighted by Crippen LogP contribution is 2.18. The number of hydrogen-bond donors (Lipinski definition) is 1. The van der Waals surface area contributed by atoms with Crippen LogP contribution >= 0.6 is 11.3 Å². The van der Waals surface area contributed by atoms with E-state index in [1.165, 1.54) is 17.0 Å². The van der Waals surface area contributed by atoms with E-state index in [0.29, 0.717) is 0 Å². The maximum Gasteiger partial charge on any atom is 0.123 e. The molecule has 0 aliphatic rings. The van der Waals surface area contributed by atoms with E-state index in [9.17, 15) is 4.39 Å². The van der Waals surface area contributed by atoms with Crippen molar-refractivity contribution in [3.8, 4) is 0 Å². The van der Waals surface area contributed by atoms with Gasteiger partial charge < -0.3 is 5.32 Å². The summed E-state index contributed by atoms with van der Waals surface area (Å²) in [7, 11) is 0. The van der Waals surface area contributed by atoms with Crippen molar-refractivity contribution in [1.82, 2.24) is 10.3 Å². The summed E-state index contributed by atoms with van der Waals surface area (Å²) in [6.45, 7) is 4.93. The first-order valence-electron chi connectivity index (χ1n) is 6.09. The molecule has 0 fully saturated rings. The van der Waals surface area contributed by atoms with Crippen molar-refractivity contribution in [3.05, 3.63) is 51.7 Å². The van der Waals surface area contributed by atoms with Gasteiger partial charge in [0.05, 0.1) is 0 Å². The van der Waals surface area contributed by atoms with Crippen LogP contribution in [0.4, 0.5) is 4.39 Å². The quantitative estimate of drug-likeness (QED) is 0.887. The fraction of sp³-hybridized carbons (Fsp3) is 0.357. The van der Waals surface area contributed by atoms with E-state index in [2.05, 4.69) is 24.1 Å². The van der Waals surface area contributed by atoms with E-state index in [1.807, 2.05) is 18.3 Å². The molecule has 1 aromatic carbocycles. The Morgan fingerprint density at radius 2 is 2.06 bits per heavy atom. The monoisotopic (exact) mass is 264 g/mol. The molecule has 0 amide bonds. The molecule has 0 radical (unpaired) electrons. The fourth-order valence-electron chi connectivity index (χ4n) is 1.89. The molecule has 2 rings (SSSR count). The smallest absolute Gasteiger partial charge is 0.123 e. The van der Waals surface area contributed by atoms with Gasteiger partial charge in [0.25, 0.3) is 0 Å². The maximum atomic E-state index is 12.9. The van der Waals surface area contributed by atoms with Crippen molar-refractivity contribution in [2.24, 2.45) is 0 Å². The minimum atomic E-state index is -0.191. The zero-order valence-corrected chi connectivity index (χ0v) is 11.4. The van der Waals surface area contributed by atoms with Crippen LogP contribution in [0, 0.1) is 12.7 Å². The predicted molar refractivity (Wildman–Crippen MR) is 73.1 cm³/mol. The molecular weight excluding hydrogens is 247 g/mol. The van der Waals surface area contributed by atoms with Crippen molar-refractivity contribution >= 4 is 11.3 Å². The third kappa shape index (κ3) is 3.37. The molecule has 0 aliphatic heterocycles. The minimum Gasteiger partial charge on any atom is -0.304 e. The van der Waals surface area contributed by atoms with Crippen LogP contribution in [0.15, 0.2) is 30.5 Å². The van der Waals surface area contributed by atoms with Gasteiger partial charge >= 0.3 is 0 Å². The molecule has 2 nitrogen and oxygen atoms in total. The van der Waals surface area contributed by atoms with E-state index in [0.717, 1.165) is 23.5 Å². The molecule has 1 heterocycles. The van der Waals surface area contributed by atoms with E-state index >= 15 is 0 Å². The first-order valence-corrected chi connectivity index (χ1v) is 6.91. The number of halogens is 1. The summed E-state index contributed by atoms with van der Waals surface area (Å²) in [4.78, 5) is 5.55. The second-order valence-electron chi connectivity index (χ2n) is 4.26. The molecule has 0 bridgehead atoms. The molecule has 0 spiro atoms. The minimum absolute atomic E-state index is 0.191. The van der Waals surface area contributed by atoms with Crippen LogP contribution in [0.3, 0.4) is 0 Å². The van der Waals surface area contributed by atoms with Crippen LogP contribution in [0.1, 0.15) is 34.8 Å². The summed E-state index contributed by atoms with van der Waals surface area (Å²) in [5.41, 5.74) is 1.12. The molecule has 0 saturated heterocycles. The highest BCUT2D eigenvalue weighted by molar-refractivity contribution is 7.11. The number of benzene rings is 1. The van der Waals surface area contributed by atoms with Gasteiger partial charge in [0, 0.05) is 23.7 Å². The van der Waals surface area contributed by atoms with Gasteiger partial charge in [-0.15, -0.1) is 11.3 Å². The summed E-state index contributed by atoms with van der Waals surface area (Å²) < 4.78 is 12.9. The SMILES string of the molecule is CCC(NCc1ncc(C)s1)c1ccc(F)cc1. The van der Waals surface area contributed by atoms with Gasteiger partial charge in [-0.25, -0.2) is 9.37 Å².